The van der Waals surface area contributed by atoms with Crippen LogP contribution in [-0.4, -0.2) is 67.1 Å². The van der Waals surface area contributed by atoms with Gasteiger partial charge in [0.05, 0.1) is 0 Å². The molecule has 30 heavy (non-hydrogen) atoms. The van der Waals surface area contributed by atoms with Crippen LogP contribution in [-0.2, 0) is 13.1 Å². The number of nitrogens with zero attached hydrogens (tertiary/aromatic N) is 5. The van der Waals surface area contributed by atoms with Gasteiger partial charge in [0.2, 0.25) is 0 Å². The summed E-state index contributed by atoms with van der Waals surface area (Å²) in [6.07, 6.45) is 1.86. The van der Waals surface area contributed by atoms with Gasteiger partial charge in [-0.3, -0.25) is 9.89 Å². The fourth-order valence-electron chi connectivity index (χ4n) is 3.74. The maximum atomic E-state index is 4.51. The molecule has 0 saturated carbocycles. The minimum Gasteiger partial charge on any atom is -0.353 e. The summed E-state index contributed by atoms with van der Waals surface area (Å²) in [6.45, 7) is 12.2. The zero-order chi connectivity index (χ0) is 20.5. The summed E-state index contributed by atoms with van der Waals surface area (Å²) in [7, 11) is 1.87. The largest absolute Gasteiger partial charge is 0.353 e. The predicted molar refractivity (Wildman–Crippen MR) is 137 cm³/mol. The van der Waals surface area contributed by atoms with Crippen molar-refractivity contribution in [1.29, 1.82) is 0 Å². The quantitative estimate of drug-likeness (QED) is 0.343. The van der Waals surface area contributed by atoms with E-state index in [2.05, 4.69) is 74.2 Å². The zero-order valence-corrected chi connectivity index (χ0v) is 20.8. The second kappa shape index (κ2) is 12.7. The van der Waals surface area contributed by atoms with Crippen molar-refractivity contribution in [3.8, 4) is 0 Å². The van der Waals surface area contributed by atoms with Crippen molar-refractivity contribution in [3.63, 3.8) is 0 Å². The molecule has 0 atom stereocenters. The lowest BCUT2D eigenvalue weighted by molar-refractivity contribution is 0.296. The summed E-state index contributed by atoms with van der Waals surface area (Å²) < 4.78 is 0. The first-order chi connectivity index (χ1) is 14.2. The van der Waals surface area contributed by atoms with Crippen molar-refractivity contribution < 1.29 is 0 Å². The lowest BCUT2D eigenvalue weighted by atomic mass is 10.1. The van der Waals surface area contributed by atoms with E-state index in [1.54, 1.807) is 0 Å². The van der Waals surface area contributed by atoms with Crippen molar-refractivity contribution in [2.75, 3.05) is 51.2 Å². The highest BCUT2D eigenvalue weighted by Gasteiger charge is 2.20. The van der Waals surface area contributed by atoms with Crippen LogP contribution in [0.1, 0.15) is 25.0 Å². The van der Waals surface area contributed by atoms with E-state index >= 15 is 0 Å². The highest BCUT2D eigenvalue weighted by atomic mass is 127. The lowest BCUT2D eigenvalue weighted by Gasteiger charge is -2.37. The van der Waals surface area contributed by atoms with E-state index in [1.807, 2.05) is 25.4 Å². The molecule has 0 spiro atoms. The molecule has 1 saturated heterocycles. The monoisotopic (exact) mass is 522 g/mol. The van der Waals surface area contributed by atoms with E-state index in [4.69, 9.17) is 0 Å². The van der Waals surface area contributed by atoms with Gasteiger partial charge >= 0.3 is 0 Å². The Morgan fingerprint density at radius 1 is 1.03 bits per heavy atom. The van der Waals surface area contributed by atoms with Crippen LogP contribution in [0.2, 0.25) is 0 Å². The highest BCUT2D eigenvalue weighted by molar-refractivity contribution is 14.0. The Kier molecular flexibility index (Phi) is 10.4. The fourth-order valence-corrected chi connectivity index (χ4v) is 3.74. The number of halogens is 1. The molecule has 164 valence electrons. The molecule has 1 N–H and O–H groups in total. The van der Waals surface area contributed by atoms with E-state index < -0.39 is 0 Å². The zero-order valence-electron chi connectivity index (χ0n) is 18.4. The first-order valence-corrected chi connectivity index (χ1v) is 10.6. The number of hydrogen-bond acceptors (Lipinski definition) is 4. The highest BCUT2D eigenvalue weighted by Crippen LogP contribution is 2.13. The number of rotatable bonds is 7. The minimum absolute atomic E-state index is 0. The Morgan fingerprint density at radius 3 is 2.40 bits per heavy atom. The second-order valence-electron chi connectivity index (χ2n) is 7.34. The number of hydrogen-bond donors (Lipinski definition) is 1. The fraction of sp³-hybridized carbons (Fsp3) is 0.478. The molecule has 0 bridgehead atoms. The molecule has 0 radical (unpaired) electrons. The molecule has 1 aromatic heterocycles. The average molecular weight is 522 g/mol. The molecule has 3 rings (SSSR count). The summed E-state index contributed by atoms with van der Waals surface area (Å²) >= 11 is 0. The van der Waals surface area contributed by atoms with Crippen LogP contribution in [0.25, 0.3) is 0 Å². The van der Waals surface area contributed by atoms with Crippen LogP contribution in [0.4, 0.5) is 5.82 Å². The number of pyridine rings is 1. The van der Waals surface area contributed by atoms with E-state index in [9.17, 15) is 0 Å². The van der Waals surface area contributed by atoms with Gasteiger partial charge in [0, 0.05) is 52.5 Å². The molecule has 6 nitrogen and oxygen atoms in total. The second-order valence-corrected chi connectivity index (χ2v) is 7.34. The molecule has 1 aliphatic heterocycles. The molecule has 1 aromatic carbocycles. The first kappa shape index (κ1) is 24.4. The molecule has 2 heterocycles. The molecule has 0 amide bonds. The van der Waals surface area contributed by atoms with Crippen LogP contribution >= 0.6 is 24.0 Å². The maximum Gasteiger partial charge on any atom is 0.194 e. The van der Waals surface area contributed by atoms with Gasteiger partial charge in [-0.2, -0.15) is 0 Å². The van der Waals surface area contributed by atoms with Gasteiger partial charge in [-0.05, 0) is 36.3 Å². The third-order valence-corrected chi connectivity index (χ3v) is 5.51. The SMILES string of the molecule is CCN(CC)Cc1cccc(CNC(=NC)N2CCN(c3ccccn3)CC2)c1.I. The van der Waals surface area contributed by atoms with E-state index in [0.717, 1.165) is 64.1 Å². The Labute approximate surface area is 198 Å². The summed E-state index contributed by atoms with van der Waals surface area (Å²) in [4.78, 5) is 16.1. The van der Waals surface area contributed by atoms with Gasteiger partial charge in [-0.1, -0.05) is 44.2 Å². The van der Waals surface area contributed by atoms with Crippen molar-refractivity contribution >= 4 is 35.8 Å². The third-order valence-electron chi connectivity index (χ3n) is 5.51. The Hall–Kier alpha value is -1.87. The first-order valence-electron chi connectivity index (χ1n) is 10.6. The van der Waals surface area contributed by atoms with E-state index in [0.29, 0.717) is 0 Å². The summed E-state index contributed by atoms with van der Waals surface area (Å²) in [5.74, 6) is 2.03. The molecule has 1 fully saturated rings. The van der Waals surface area contributed by atoms with Gasteiger partial charge in [0.15, 0.2) is 5.96 Å². The molecule has 0 unspecified atom stereocenters. The number of aromatic nitrogens is 1. The number of anilines is 1. The van der Waals surface area contributed by atoms with Gasteiger partial charge in [-0.25, -0.2) is 4.98 Å². The number of guanidine groups is 1. The van der Waals surface area contributed by atoms with Crippen LogP contribution < -0.4 is 10.2 Å². The molecular weight excluding hydrogens is 487 g/mol. The molecule has 1 aliphatic rings. The van der Waals surface area contributed by atoms with Crippen LogP contribution in [0.15, 0.2) is 53.7 Å². The van der Waals surface area contributed by atoms with Gasteiger partial charge < -0.3 is 15.1 Å². The van der Waals surface area contributed by atoms with Crippen molar-refractivity contribution in [2.45, 2.75) is 26.9 Å². The minimum atomic E-state index is 0. The molecule has 0 aliphatic carbocycles. The van der Waals surface area contributed by atoms with Crippen molar-refractivity contribution in [2.24, 2.45) is 4.99 Å². The van der Waals surface area contributed by atoms with Crippen molar-refractivity contribution in [1.82, 2.24) is 20.1 Å². The van der Waals surface area contributed by atoms with Crippen LogP contribution in [0.5, 0.6) is 0 Å². The number of aliphatic imine (C=N–C) groups is 1. The number of piperazine rings is 1. The normalized spacial score (nSPS) is 14.6. The lowest BCUT2D eigenvalue weighted by Crippen LogP contribution is -2.52. The van der Waals surface area contributed by atoms with Crippen LogP contribution in [0.3, 0.4) is 0 Å². The van der Waals surface area contributed by atoms with Gasteiger partial charge in [0.1, 0.15) is 5.82 Å². The molecule has 7 heteroatoms. The van der Waals surface area contributed by atoms with Crippen molar-refractivity contribution in [3.05, 3.63) is 59.8 Å². The summed E-state index contributed by atoms with van der Waals surface area (Å²) in [5.41, 5.74) is 2.66. The van der Waals surface area contributed by atoms with Gasteiger partial charge in [-0.15, -0.1) is 24.0 Å². The van der Waals surface area contributed by atoms with Gasteiger partial charge in [0.25, 0.3) is 0 Å². The summed E-state index contributed by atoms with van der Waals surface area (Å²) in [5, 5.41) is 3.55. The Balaban J connectivity index is 0.00000320. The molecular formula is C23H35IN6. The predicted octanol–water partition coefficient (Wildman–Crippen LogP) is 3.44. The summed E-state index contributed by atoms with van der Waals surface area (Å²) in [6, 6.07) is 14.9. The third kappa shape index (κ3) is 6.84. The number of benzene rings is 1. The Morgan fingerprint density at radius 2 is 1.77 bits per heavy atom. The molecule has 2 aromatic rings. The maximum absolute atomic E-state index is 4.51. The smallest absolute Gasteiger partial charge is 0.194 e. The standard InChI is InChI=1S/C23H34N6.HI/c1-4-27(5-2)19-21-10-8-9-20(17-21)18-26-23(24-3)29-15-13-28(14-16-29)22-11-6-7-12-25-22;/h6-12,17H,4-5,13-16,18-19H2,1-3H3,(H,24,26);1H. The van der Waals surface area contributed by atoms with E-state index in [1.165, 1.54) is 11.1 Å². The topological polar surface area (TPSA) is 47.0 Å². The van der Waals surface area contributed by atoms with Crippen LogP contribution in [0, 0.1) is 0 Å². The average Bonchev–Trinajstić information content (AvgIpc) is 2.79. The Bertz CT molecular complexity index is 770. The number of nitrogens with one attached hydrogen (secondary N) is 1. The van der Waals surface area contributed by atoms with E-state index in [-0.39, 0.29) is 24.0 Å².